The van der Waals surface area contributed by atoms with E-state index in [1.165, 1.54) is 0 Å². The van der Waals surface area contributed by atoms with Crippen molar-refractivity contribution in [2.45, 2.75) is 32.4 Å². The number of rotatable bonds is 3. The van der Waals surface area contributed by atoms with Gasteiger partial charge in [0.15, 0.2) is 0 Å². The predicted octanol–water partition coefficient (Wildman–Crippen LogP) is 0.122. The maximum absolute atomic E-state index is 11.2. The molecule has 15 heavy (non-hydrogen) atoms. The molecule has 0 spiro atoms. The third kappa shape index (κ3) is 9.96. The van der Waals surface area contributed by atoms with Crippen LogP contribution < -0.4 is 5.73 Å². The van der Waals surface area contributed by atoms with E-state index in [4.69, 9.17) is 10.5 Å². The van der Waals surface area contributed by atoms with Crippen molar-refractivity contribution in [1.29, 1.82) is 0 Å². The van der Waals surface area contributed by atoms with E-state index in [0.717, 1.165) is 6.26 Å². The van der Waals surface area contributed by atoms with E-state index in [1.807, 2.05) is 0 Å². The Morgan fingerprint density at radius 1 is 1.40 bits per heavy atom. The predicted molar refractivity (Wildman–Crippen MR) is 60.8 cm³/mol. The molecule has 0 heterocycles. The molecule has 0 aromatic rings. The van der Waals surface area contributed by atoms with Gasteiger partial charge in [-0.15, -0.1) is 12.4 Å². The molecule has 7 heteroatoms. The van der Waals surface area contributed by atoms with Crippen LogP contribution in [0, 0.1) is 0 Å². The molecule has 0 saturated heterocycles. The first-order valence-electron chi connectivity index (χ1n) is 4.17. The van der Waals surface area contributed by atoms with E-state index in [2.05, 4.69) is 0 Å². The van der Waals surface area contributed by atoms with Crippen LogP contribution in [0.2, 0.25) is 0 Å². The number of halogens is 1. The van der Waals surface area contributed by atoms with E-state index in [0.29, 0.717) is 0 Å². The Hall–Kier alpha value is -0.330. The lowest BCUT2D eigenvalue weighted by Crippen LogP contribution is -2.41. The van der Waals surface area contributed by atoms with Gasteiger partial charge in [0, 0.05) is 6.26 Å². The number of sulfone groups is 1. The minimum atomic E-state index is -3.25. The first kappa shape index (κ1) is 17.1. The number of ether oxygens (including phenoxy) is 1. The fourth-order valence-corrected chi connectivity index (χ4v) is 1.56. The molecular formula is C8H18ClNO4S. The fraction of sp³-hybridized carbons (Fsp3) is 0.875. The van der Waals surface area contributed by atoms with Gasteiger partial charge in [-0.3, -0.25) is 4.79 Å². The SMILES string of the molecule is CC(C)(C)OC(=O)[C@@H](N)CS(C)(=O)=O.Cl. The van der Waals surface area contributed by atoms with E-state index in [-0.39, 0.29) is 18.2 Å². The fourth-order valence-electron chi connectivity index (χ4n) is 0.772. The topological polar surface area (TPSA) is 86.5 Å². The zero-order valence-electron chi connectivity index (χ0n) is 9.31. The molecule has 0 fully saturated rings. The molecule has 0 aromatic carbocycles. The second kappa shape index (κ2) is 5.67. The van der Waals surface area contributed by atoms with Crippen molar-refractivity contribution in [3.63, 3.8) is 0 Å². The second-order valence-corrected chi connectivity index (χ2v) is 6.42. The Bertz CT molecular complexity index is 307. The molecule has 5 nitrogen and oxygen atoms in total. The summed E-state index contributed by atoms with van der Waals surface area (Å²) < 4.78 is 26.6. The molecule has 0 aliphatic carbocycles. The average molecular weight is 260 g/mol. The molecule has 0 bridgehead atoms. The van der Waals surface area contributed by atoms with Crippen molar-refractivity contribution >= 4 is 28.2 Å². The van der Waals surface area contributed by atoms with Crippen molar-refractivity contribution in [2.24, 2.45) is 5.73 Å². The number of carbonyl (C=O) groups is 1. The smallest absolute Gasteiger partial charge is 0.324 e. The van der Waals surface area contributed by atoms with Crippen LogP contribution in [0.25, 0.3) is 0 Å². The van der Waals surface area contributed by atoms with Gasteiger partial charge in [-0.2, -0.15) is 0 Å². The Balaban J connectivity index is 0. The summed E-state index contributed by atoms with van der Waals surface area (Å²) in [5.74, 6) is -1.08. The summed E-state index contributed by atoms with van der Waals surface area (Å²) >= 11 is 0. The van der Waals surface area contributed by atoms with Crippen LogP contribution in [-0.2, 0) is 19.4 Å². The van der Waals surface area contributed by atoms with Crippen molar-refractivity contribution in [3.8, 4) is 0 Å². The average Bonchev–Trinajstić information content (AvgIpc) is 1.78. The van der Waals surface area contributed by atoms with Gasteiger partial charge in [0.1, 0.15) is 21.5 Å². The molecule has 0 aliphatic heterocycles. The monoisotopic (exact) mass is 259 g/mol. The third-order valence-electron chi connectivity index (χ3n) is 1.19. The first-order valence-corrected chi connectivity index (χ1v) is 6.23. The minimum absolute atomic E-state index is 0. The lowest BCUT2D eigenvalue weighted by Gasteiger charge is -2.21. The summed E-state index contributed by atoms with van der Waals surface area (Å²) in [5, 5.41) is 0. The molecule has 2 N–H and O–H groups in total. The summed E-state index contributed by atoms with van der Waals surface area (Å²) in [6.45, 7) is 5.08. The van der Waals surface area contributed by atoms with Crippen molar-refractivity contribution in [1.82, 2.24) is 0 Å². The lowest BCUT2D eigenvalue weighted by atomic mass is 10.2. The minimum Gasteiger partial charge on any atom is -0.459 e. The number of hydrogen-bond donors (Lipinski definition) is 1. The Labute approximate surface area is 96.7 Å². The molecule has 0 rings (SSSR count). The lowest BCUT2D eigenvalue weighted by molar-refractivity contribution is -0.155. The highest BCUT2D eigenvalue weighted by atomic mass is 35.5. The number of carbonyl (C=O) groups excluding carboxylic acids is 1. The summed E-state index contributed by atoms with van der Waals surface area (Å²) in [7, 11) is -3.25. The Morgan fingerprint density at radius 3 is 2.07 bits per heavy atom. The molecule has 0 amide bonds. The van der Waals surface area contributed by atoms with Gasteiger partial charge in [-0.1, -0.05) is 0 Å². The molecule has 0 radical (unpaired) electrons. The highest BCUT2D eigenvalue weighted by Crippen LogP contribution is 2.08. The highest BCUT2D eigenvalue weighted by Gasteiger charge is 2.24. The third-order valence-corrected chi connectivity index (χ3v) is 2.16. The van der Waals surface area contributed by atoms with Gasteiger partial charge < -0.3 is 10.5 Å². The largest absolute Gasteiger partial charge is 0.459 e. The molecule has 0 aliphatic rings. The first-order chi connectivity index (χ1) is 6.01. The van der Waals surface area contributed by atoms with Gasteiger partial charge in [-0.25, -0.2) is 8.42 Å². The van der Waals surface area contributed by atoms with Crippen LogP contribution in [0.5, 0.6) is 0 Å². The summed E-state index contributed by atoms with van der Waals surface area (Å²) in [4.78, 5) is 11.2. The zero-order valence-corrected chi connectivity index (χ0v) is 10.9. The maximum atomic E-state index is 11.2. The van der Waals surface area contributed by atoms with E-state index < -0.39 is 27.4 Å². The summed E-state index contributed by atoms with van der Waals surface area (Å²) in [5.41, 5.74) is 4.71. The standard InChI is InChI=1S/C8H17NO4S.ClH/c1-8(2,3)13-7(10)6(9)5-14(4,11)12;/h6H,5,9H2,1-4H3;1H/t6-;/m0./s1. The van der Waals surface area contributed by atoms with E-state index in [1.54, 1.807) is 20.8 Å². The van der Waals surface area contributed by atoms with Crippen molar-refractivity contribution in [3.05, 3.63) is 0 Å². The molecule has 0 aromatic heterocycles. The molecule has 0 unspecified atom stereocenters. The molecule has 0 saturated carbocycles. The van der Waals surface area contributed by atoms with Crippen LogP contribution in [0.4, 0.5) is 0 Å². The van der Waals surface area contributed by atoms with Gasteiger partial charge >= 0.3 is 5.97 Å². The summed E-state index contributed by atoms with van der Waals surface area (Å²) in [6, 6.07) is -1.11. The molecular weight excluding hydrogens is 242 g/mol. The van der Waals surface area contributed by atoms with Crippen LogP contribution in [0.15, 0.2) is 0 Å². The number of hydrogen-bond acceptors (Lipinski definition) is 5. The molecule has 92 valence electrons. The van der Waals surface area contributed by atoms with E-state index >= 15 is 0 Å². The number of nitrogens with two attached hydrogens (primary N) is 1. The van der Waals surface area contributed by atoms with Gasteiger partial charge in [0.2, 0.25) is 0 Å². The quantitative estimate of drug-likeness (QED) is 0.728. The maximum Gasteiger partial charge on any atom is 0.324 e. The van der Waals surface area contributed by atoms with Crippen LogP contribution in [0.3, 0.4) is 0 Å². The highest BCUT2D eigenvalue weighted by molar-refractivity contribution is 7.90. The van der Waals surface area contributed by atoms with Crippen LogP contribution >= 0.6 is 12.4 Å². The van der Waals surface area contributed by atoms with Gasteiger partial charge in [-0.05, 0) is 20.8 Å². The van der Waals surface area contributed by atoms with Gasteiger partial charge in [0.25, 0.3) is 0 Å². The Morgan fingerprint density at radius 2 is 1.80 bits per heavy atom. The van der Waals surface area contributed by atoms with Crippen molar-refractivity contribution in [2.75, 3.05) is 12.0 Å². The van der Waals surface area contributed by atoms with Gasteiger partial charge in [0.05, 0.1) is 5.75 Å². The Kier molecular flexibility index (Phi) is 6.46. The second-order valence-electron chi connectivity index (χ2n) is 4.23. The van der Waals surface area contributed by atoms with Crippen LogP contribution in [-0.4, -0.2) is 38.0 Å². The van der Waals surface area contributed by atoms with Crippen molar-refractivity contribution < 1.29 is 17.9 Å². The normalized spacial score (nSPS) is 13.9. The summed E-state index contributed by atoms with van der Waals surface area (Å²) in [6.07, 6.45) is 1.03. The number of esters is 1. The zero-order chi connectivity index (χ0) is 11.6. The van der Waals surface area contributed by atoms with E-state index in [9.17, 15) is 13.2 Å². The van der Waals surface area contributed by atoms with Crippen LogP contribution in [0.1, 0.15) is 20.8 Å². The molecule has 1 atom stereocenters.